The van der Waals surface area contributed by atoms with Crippen LogP contribution in [0.25, 0.3) is 16.6 Å². The standard InChI is InChI=1S/C20H22N4O/c1-13-5-6-15(11-22-13)14-7-9-17(10-8-14)24-12-16-3-2-4-18(20(21)25)19(16)23-24/h2-4,7-10,12-13,15,22H,5-6,11H2,1H3,(H2,21,25). The zero-order valence-corrected chi connectivity index (χ0v) is 14.3. The number of hydrogen-bond acceptors (Lipinski definition) is 3. The van der Waals surface area contributed by atoms with Crippen LogP contribution in [0.1, 0.15) is 41.6 Å². The second-order valence-corrected chi connectivity index (χ2v) is 6.86. The van der Waals surface area contributed by atoms with Gasteiger partial charge in [0.1, 0.15) is 5.52 Å². The van der Waals surface area contributed by atoms with E-state index >= 15 is 0 Å². The van der Waals surface area contributed by atoms with E-state index in [0.29, 0.717) is 23.0 Å². The average molecular weight is 334 g/mol. The highest BCUT2D eigenvalue weighted by Gasteiger charge is 2.19. The molecule has 1 fully saturated rings. The minimum absolute atomic E-state index is 0.453. The van der Waals surface area contributed by atoms with Crippen LogP contribution >= 0.6 is 0 Å². The van der Waals surface area contributed by atoms with Crippen molar-refractivity contribution in [3.05, 3.63) is 59.8 Å². The van der Waals surface area contributed by atoms with Crippen molar-refractivity contribution in [2.24, 2.45) is 5.73 Å². The fourth-order valence-electron chi connectivity index (χ4n) is 3.56. The predicted octanol–water partition coefficient (Wildman–Crippen LogP) is 2.98. The summed E-state index contributed by atoms with van der Waals surface area (Å²) in [6.45, 7) is 3.27. The smallest absolute Gasteiger partial charge is 0.250 e. The normalized spacial score (nSPS) is 20.7. The van der Waals surface area contributed by atoms with Crippen LogP contribution in [0.2, 0.25) is 0 Å². The molecule has 2 unspecified atom stereocenters. The second-order valence-electron chi connectivity index (χ2n) is 6.86. The topological polar surface area (TPSA) is 72.9 Å². The number of nitrogens with zero attached hydrogens (tertiary/aromatic N) is 2. The Balaban J connectivity index is 1.63. The van der Waals surface area contributed by atoms with Gasteiger partial charge in [-0.1, -0.05) is 24.3 Å². The summed E-state index contributed by atoms with van der Waals surface area (Å²) < 4.78 is 1.81. The van der Waals surface area contributed by atoms with Crippen molar-refractivity contribution < 1.29 is 4.79 Å². The Labute approximate surface area is 146 Å². The predicted molar refractivity (Wildman–Crippen MR) is 99.0 cm³/mol. The third kappa shape index (κ3) is 3.03. The quantitative estimate of drug-likeness (QED) is 0.773. The molecule has 0 spiro atoms. The first-order chi connectivity index (χ1) is 12.1. The average Bonchev–Trinajstić information content (AvgIpc) is 3.06. The van der Waals surface area contributed by atoms with E-state index in [1.807, 2.05) is 23.0 Å². The number of carbonyl (C=O) groups is 1. The van der Waals surface area contributed by atoms with Gasteiger partial charge in [-0.15, -0.1) is 0 Å². The molecule has 0 aliphatic carbocycles. The van der Waals surface area contributed by atoms with Gasteiger partial charge in [0.05, 0.1) is 11.3 Å². The Bertz CT molecular complexity index is 905. The van der Waals surface area contributed by atoms with Gasteiger partial charge < -0.3 is 11.1 Å². The van der Waals surface area contributed by atoms with Crippen LogP contribution in [-0.4, -0.2) is 28.3 Å². The molecule has 2 atom stereocenters. The maximum absolute atomic E-state index is 11.6. The number of fused-ring (bicyclic) bond motifs is 1. The minimum atomic E-state index is -0.453. The van der Waals surface area contributed by atoms with Crippen molar-refractivity contribution >= 4 is 16.8 Å². The molecule has 1 saturated heterocycles. The number of rotatable bonds is 3. The van der Waals surface area contributed by atoms with Gasteiger partial charge in [0.15, 0.2) is 0 Å². The van der Waals surface area contributed by atoms with Gasteiger partial charge in [-0.25, -0.2) is 4.68 Å². The van der Waals surface area contributed by atoms with E-state index in [0.717, 1.165) is 17.6 Å². The largest absolute Gasteiger partial charge is 0.366 e. The van der Waals surface area contributed by atoms with Crippen LogP contribution in [0.15, 0.2) is 48.7 Å². The number of benzene rings is 2. The first-order valence-corrected chi connectivity index (χ1v) is 8.74. The summed E-state index contributed by atoms with van der Waals surface area (Å²) in [6, 6.07) is 14.6. The molecule has 4 rings (SSSR count). The van der Waals surface area contributed by atoms with E-state index in [4.69, 9.17) is 5.73 Å². The highest BCUT2D eigenvalue weighted by molar-refractivity contribution is 6.04. The lowest BCUT2D eigenvalue weighted by Crippen LogP contribution is -2.35. The number of primary amides is 1. The van der Waals surface area contributed by atoms with Gasteiger partial charge in [-0.2, -0.15) is 5.10 Å². The second kappa shape index (κ2) is 6.33. The molecule has 3 N–H and O–H groups in total. The van der Waals surface area contributed by atoms with Gasteiger partial charge in [0.2, 0.25) is 0 Å². The molecule has 1 aromatic heterocycles. The highest BCUT2D eigenvalue weighted by Crippen LogP contribution is 2.26. The van der Waals surface area contributed by atoms with Crippen LogP contribution in [0.5, 0.6) is 0 Å². The van der Waals surface area contributed by atoms with E-state index in [-0.39, 0.29) is 0 Å². The van der Waals surface area contributed by atoms with Gasteiger partial charge in [0, 0.05) is 24.2 Å². The fraction of sp³-hybridized carbons (Fsp3) is 0.300. The van der Waals surface area contributed by atoms with Crippen LogP contribution in [0.4, 0.5) is 0 Å². The van der Waals surface area contributed by atoms with Gasteiger partial charge >= 0.3 is 0 Å². The molecule has 1 aliphatic heterocycles. The number of piperidine rings is 1. The lowest BCUT2D eigenvalue weighted by molar-refractivity contribution is 0.100. The summed E-state index contributed by atoms with van der Waals surface area (Å²) in [5.74, 6) is 0.119. The Kier molecular flexibility index (Phi) is 4.01. The van der Waals surface area contributed by atoms with Crippen LogP contribution in [0, 0.1) is 0 Å². The number of hydrogen-bond donors (Lipinski definition) is 2. The zero-order valence-electron chi connectivity index (χ0n) is 14.3. The van der Waals surface area contributed by atoms with Crippen molar-refractivity contribution in [1.29, 1.82) is 0 Å². The molecule has 3 aromatic rings. The fourth-order valence-corrected chi connectivity index (χ4v) is 3.56. The molecule has 128 valence electrons. The Morgan fingerprint density at radius 2 is 2.00 bits per heavy atom. The maximum Gasteiger partial charge on any atom is 0.250 e. The SMILES string of the molecule is CC1CCC(c2ccc(-n3cc4cccc(C(N)=O)c4n3)cc2)CN1. The molecule has 2 heterocycles. The first-order valence-electron chi connectivity index (χ1n) is 8.74. The summed E-state index contributed by atoms with van der Waals surface area (Å²) in [6.07, 6.45) is 4.37. The van der Waals surface area contributed by atoms with Gasteiger partial charge in [0.25, 0.3) is 5.91 Å². The number of amides is 1. The number of nitrogens with one attached hydrogen (secondary N) is 1. The molecule has 25 heavy (non-hydrogen) atoms. The summed E-state index contributed by atoms with van der Waals surface area (Å²) >= 11 is 0. The zero-order chi connectivity index (χ0) is 17.4. The van der Waals surface area contributed by atoms with Crippen molar-refractivity contribution in [3.8, 4) is 5.69 Å². The van der Waals surface area contributed by atoms with Crippen LogP contribution < -0.4 is 11.1 Å². The molecular formula is C20H22N4O. The van der Waals surface area contributed by atoms with Crippen molar-refractivity contribution in [1.82, 2.24) is 15.1 Å². The molecule has 5 heteroatoms. The Morgan fingerprint density at radius 3 is 2.68 bits per heavy atom. The van der Waals surface area contributed by atoms with E-state index in [1.165, 1.54) is 18.4 Å². The number of aromatic nitrogens is 2. The lowest BCUT2D eigenvalue weighted by atomic mass is 9.89. The molecule has 2 aromatic carbocycles. The molecule has 0 saturated carbocycles. The van der Waals surface area contributed by atoms with Crippen molar-refractivity contribution in [2.75, 3.05) is 6.54 Å². The van der Waals surface area contributed by atoms with Crippen molar-refractivity contribution in [2.45, 2.75) is 31.7 Å². The summed E-state index contributed by atoms with van der Waals surface area (Å²) in [5.41, 5.74) is 8.88. The molecule has 5 nitrogen and oxygen atoms in total. The third-order valence-electron chi connectivity index (χ3n) is 5.09. The molecule has 1 amide bonds. The Morgan fingerprint density at radius 1 is 1.20 bits per heavy atom. The summed E-state index contributed by atoms with van der Waals surface area (Å²) in [7, 11) is 0. The third-order valence-corrected chi connectivity index (χ3v) is 5.09. The lowest BCUT2D eigenvalue weighted by Gasteiger charge is -2.28. The molecule has 1 aliphatic rings. The molecule has 0 radical (unpaired) electrons. The summed E-state index contributed by atoms with van der Waals surface area (Å²) in [5, 5.41) is 9.02. The highest BCUT2D eigenvalue weighted by atomic mass is 16.1. The van der Waals surface area contributed by atoms with E-state index in [2.05, 4.69) is 41.6 Å². The van der Waals surface area contributed by atoms with Crippen molar-refractivity contribution in [3.63, 3.8) is 0 Å². The van der Waals surface area contributed by atoms with Gasteiger partial charge in [-0.3, -0.25) is 4.79 Å². The van der Waals surface area contributed by atoms with Crippen LogP contribution in [0.3, 0.4) is 0 Å². The maximum atomic E-state index is 11.6. The summed E-state index contributed by atoms with van der Waals surface area (Å²) in [4.78, 5) is 11.6. The van der Waals surface area contributed by atoms with E-state index < -0.39 is 5.91 Å². The molecule has 0 bridgehead atoms. The Hall–Kier alpha value is -2.66. The number of nitrogens with two attached hydrogens (primary N) is 1. The molecular weight excluding hydrogens is 312 g/mol. The monoisotopic (exact) mass is 334 g/mol. The van der Waals surface area contributed by atoms with E-state index in [9.17, 15) is 4.79 Å². The number of carbonyl (C=O) groups excluding carboxylic acids is 1. The van der Waals surface area contributed by atoms with Crippen LogP contribution in [-0.2, 0) is 0 Å². The van der Waals surface area contributed by atoms with Gasteiger partial charge in [-0.05, 0) is 49.4 Å². The first kappa shape index (κ1) is 15.8. The minimum Gasteiger partial charge on any atom is -0.366 e. The van der Waals surface area contributed by atoms with E-state index in [1.54, 1.807) is 6.07 Å².